The Labute approximate surface area is 169 Å². The Morgan fingerprint density at radius 2 is 2.07 bits per heavy atom. The van der Waals surface area contributed by atoms with E-state index in [0.717, 1.165) is 5.56 Å². The third-order valence-electron chi connectivity index (χ3n) is 4.79. The van der Waals surface area contributed by atoms with Gasteiger partial charge in [-0.25, -0.2) is 13.8 Å². The Morgan fingerprint density at radius 3 is 2.83 bits per heavy atom. The zero-order chi connectivity index (χ0) is 21.3. The molecule has 2 aromatic carbocycles. The van der Waals surface area contributed by atoms with Crippen LogP contribution in [0.2, 0.25) is 0 Å². The van der Waals surface area contributed by atoms with Crippen molar-refractivity contribution in [1.29, 1.82) is 0 Å². The minimum Gasteiger partial charge on any atom is -0.355 e. The van der Waals surface area contributed by atoms with Crippen molar-refractivity contribution < 1.29 is 13.6 Å². The molecule has 0 saturated heterocycles. The number of aromatic amines is 1. The highest BCUT2D eigenvalue weighted by Crippen LogP contribution is 2.30. The van der Waals surface area contributed by atoms with E-state index in [-0.39, 0.29) is 29.3 Å². The van der Waals surface area contributed by atoms with Crippen LogP contribution >= 0.6 is 0 Å². The summed E-state index contributed by atoms with van der Waals surface area (Å²) in [5.41, 5.74) is 1.89. The molecule has 0 unspecified atom stereocenters. The summed E-state index contributed by atoms with van der Waals surface area (Å²) in [6.07, 6.45) is 0.0398. The predicted octanol–water partition coefficient (Wildman–Crippen LogP) is 3.13. The minimum absolute atomic E-state index is 0.212. The first-order chi connectivity index (χ1) is 14.5. The van der Waals surface area contributed by atoms with E-state index in [4.69, 9.17) is 0 Å². The van der Waals surface area contributed by atoms with Gasteiger partial charge in [0, 0.05) is 18.2 Å². The largest absolute Gasteiger partial charge is 0.355 e. The molecule has 7 nitrogen and oxygen atoms in total. The van der Waals surface area contributed by atoms with Gasteiger partial charge in [0.15, 0.2) is 0 Å². The molecule has 0 aliphatic rings. The summed E-state index contributed by atoms with van der Waals surface area (Å²) in [5.74, 6) is -0.212. The summed E-state index contributed by atoms with van der Waals surface area (Å²) < 4.78 is 27.7. The predicted molar refractivity (Wildman–Crippen MR) is 107 cm³/mol. The molecule has 4 aromatic rings. The fourth-order valence-electron chi connectivity index (χ4n) is 3.28. The standard InChI is InChI=1S/C21H17F2N5O2/c1-24-20(29)14-4-2-3-12(7-14)10-28-11-25-17-8-13(5-6-15(17)21(28)30)16-9-26-27-18(16)19(22)23/h2-9,11,19H,10H2,1H3,(H,24,29)(H,26,27). The summed E-state index contributed by atoms with van der Waals surface area (Å²) in [7, 11) is 1.55. The summed E-state index contributed by atoms with van der Waals surface area (Å²) in [5, 5.41) is 8.91. The van der Waals surface area contributed by atoms with Crippen molar-refractivity contribution in [1.82, 2.24) is 25.1 Å². The SMILES string of the molecule is CNC(=O)c1cccc(Cn2cnc3cc(-c4cn[nH]c4C(F)F)ccc3c2=O)c1. The number of amides is 1. The van der Waals surface area contributed by atoms with Crippen LogP contribution < -0.4 is 10.9 Å². The van der Waals surface area contributed by atoms with Crippen LogP contribution in [0.4, 0.5) is 8.78 Å². The molecule has 1 amide bonds. The number of hydrogen-bond donors (Lipinski definition) is 2. The number of alkyl halides is 2. The van der Waals surface area contributed by atoms with Crippen LogP contribution in [0.3, 0.4) is 0 Å². The van der Waals surface area contributed by atoms with Gasteiger partial charge in [0.05, 0.1) is 30.0 Å². The van der Waals surface area contributed by atoms with Crippen molar-refractivity contribution in [2.45, 2.75) is 13.0 Å². The molecular formula is C21H17F2N5O2. The molecule has 152 valence electrons. The van der Waals surface area contributed by atoms with Crippen LogP contribution in [0.15, 0.2) is 59.8 Å². The van der Waals surface area contributed by atoms with E-state index >= 15 is 0 Å². The van der Waals surface area contributed by atoms with Gasteiger partial charge in [-0.1, -0.05) is 18.2 Å². The fraction of sp³-hybridized carbons (Fsp3) is 0.143. The van der Waals surface area contributed by atoms with Gasteiger partial charge in [-0.2, -0.15) is 5.10 Å². The van der Waals surface area contributed by atoms with E-state index < -0.39 is 6.43 Å². The zero-order valence-electron chi connectivity index (χ0n) is 15.9. The maximum absolute atomic E-state index is 13.1. The van der Waals surface area contributed by atoms with Crippen LogP contribution in [0.5, 0.6) is 0 Å². The molecule has 0 saturated carbocycles. The Balaban J connectivity index is 1.69. The first kappa shape index (κ1) is 19.4. The van der Waals surface area contributed by atoms with Crippen molar-refractivity contribution >= 4 is 16.8 Å². The molecule has 0 fully saturated rings. The van der Waals surface area contributed by atoms with Gasteiger partial charge in [0.1, 0.15) is 5.69 Å². The summed E-state index contributed by atoms with van der Waals surface area (Å²) in [6, 6.07) is 11.7. The van der Waals surface area contributed by atoms with E-state index in [0.29, 0.717) is 22.0 Å². The number of H-pyrrole nitrogens is 1. The van der Waals surface area contributed by atoms with Crippen molar-refractivity contribution in [3.8, 4) is 11.1 Å². The van der Waals surface area contributed by atoms with E-state index in [2.05, 4.69) is 20.5 Å². The monoisotopic (exact) mass is 409 g/mol. The third-order valence-corrected chi connectivity index (χ3v) is 4.79. The first-order valence-corrected chi connectivity index (χ1v) is 9.10. The number of carbonyl (C=O) groups excluding carboxylic acids is 1. The van der Waals surface area contributed by atoms with Gasteiger partial charge in [-0.15, -0.1) is 0 Å². The number of aromatic nitrogens is 4. The molecule has 9 heteroatoms. The number of carbonyl (C=O) groups is 1. The lowest BCUT2D eigenvalue weighted by atomic mass is 10.0. The van der Waals surface area contributed by atoms with Gasteiger partial charge in [-0.3, -0.25) is 19.3 Å². The van der Waals surface area contributed by atoms with Gasteiger partial charge in [-0.05, 0) is 35.4 Å². The normalized spacial score (nSPS) is 11.2. The van der Waals surface area contributed by atoms with Crippen molar-refractivity contribution in [2.75, 3.05) is 7.05 Å². The molecule has 2 heterocycles. The number of nitrogens with zero attached hydrogens (tertiary/aromatic N) is 3. The third kappa shape index (κ3) is 3.57. The molecule has 4 rings (SSSR count). The number of hydrogen-bond acceptors (Lipinski definition) is 4. The van der Waals surface area contributed by atoms with E-state index in [9.17, 15) is 18.4 Å². The highest BCUT2D eigenvalue weighted by Gasteiger charge is 2.17. The molecule has 0 atom stereocenters. The molecule has 0 aliphatic heterocycles. The topological polar surface area (TPSA) is 92.7 Å². The number of rotatable bonds is 5. The van der Waals surface area contributed by atoms with Crippen LogP contribution in [0, 0.1) is 0 Å². The Bertz CT molecular complexity index is 1300. The maximum atomic E-state index is 13.1. The zero-order valence-corrected chi connectivity index (χ0v) is 15.9. The molecule has 0 spiro atoms. The van der Waals surface area contributed by atoms with Crippen LogP contribution in [-0.2, 0) is 6.54 Å². The van der Waals surface area contributed by atoms with E-state index in [1.807, 2.05) is 6.07 Å². The number of nitrogens with one attached hydrogen (secondary N) is 2. The summed E-state index contributed by atoms with van der Waals surface area (Å²) in [4.78, 5) is 29.0. The Hall–Kier alpha value is -3.88. The van der Waals surface area contributed by atoms with Gasteiger partial charge in [0.25, 0.3) is 17.9 Å². The van der Waals surface area contributed by atoms with Crippen LogP contribution in [0.25, 0.3) is 22.0 Å². The van der Waals surface area contributed by atoms with E-state index in [1.165, 1.54) is 17.1 Å². The molecule has 0 bridgehead atoms. The van der Waals surface area contributed by atoms with Crippen LogP contribution in [-0.4, -0.2) is 32.7 Å². The smallest absolute Gasteiger partial charge is 0.280 e. The second-order valence-corrected chi connectivity index (χ2v) is 6.69. The van der Waals surface area contributed by atoms with Crippen molar-refractivity contribution in [2.24, 2.45) is 0 Å². The lowest BCUT2D eigenvalue weighted by molar-refractivity contribution is 0.0963. The fourth-order valence-corrected chi connectivity index (χ4v) is 3.28. The average molecular weight is 409 g/mol. The lowest BCUT2D eigenvalue weighted by Crippen LogP contribution is -2.22. The molecule has 30 heavy (non-hydrogen) atoms. The maximum Gasteiger partial charge on any atom is 0.280 e. The number of halogens is 2. The van der Waals surface area contributed by atoms with Crippen molar-refractivity contribution in [3.05, 3.63) is 82.2 Å². The molecule has 0 aliphatic carbocycles. The highest BCUT2D eigenvalue weighted by molar-refractivity contribution is 5.94. The lowest BCUT2D eigenvalue weighted by Gasteiger charge is -2.09. The van der Waals surface area contributed by atoms with Gasteiger partial charge < -0.3 is 5.32 Å². The Morgan fingerprint density at radius 1 is 1.23 bits per heavy atom. The number of benzene rings is 2. The second kappa shape index (κ2) is 7.86. The molecule has 2 N–H and O–H groups in total. The average Bonchev–Trinajstić information content (AvgIpc) is 3.25. The minimum atomic E-state index is -2.69. The van der Waals surface area contributed by atoms with Gasteiger partial charge >= 0.3 is 0 Å². The van der Waals surface area contributed by atoms with E-state index in [1.54, 1.807) is 43.4 Å². The number of fused-ring (bicyclic) bond motifs is 1. The highest BCUT2D eigenvalue weighted by atomic mass is 19.3. The van der Waals surface area contributed by atoms with Crippen molar-refractivity contribution in [3.63, 3.8) is 0 Å². The molecule has 0 radical (unpaired) electrons. The molecule has 2 aromatic heterocycles. The quantitative estimate of drug-likeness (QED) is 0.530. The van der Waals surface area contributed by atoms with Gasteiger partial charge in [0.2, 0.25) is 0 Å². The molecular weight excluding hydrogens is 392 g/mol. The summed E-state index contributed by atoms with van der Waals surface area (Å²) >= 11 is 0. The first-order valence-electron chi connectivity index (χ1n) is 9.10. The second-order valence-electron chi connectivity index (χ2n) is 6.69. The van der Waals surface area contributed by atoms with Crippen LogP contribution in [0.1, 0.15) is 28.0 Å². The summed E-state index contributed by atoms with van der Waals surface area (Å²) in [6.45, 7) is 0.242. The Kier molecular flexibility index (Phi) is 5.09.